The Hall–Kier alpha value is -2.62. The van der Waals surface area contributed by atoms with Crippen LogP contribution in [0, 0.1) is 0 Å². The highest BCUT2D eigenvalue weighted by atomic mass is 16.2. The van der Waals surface area contributed by atoms with Gasteiger partial charge in [0, 0.05) is 24.2 Å². The third kappa shape index (κ3) is 8.86. The fourth-order valence-corrected chi connectivity index (χ4v) is 3.93. The van der Waals surface area contributed by atoms with Crippen molar-refractivity contribution in [3.05, 3.63) is 59.7 Å². The molecule has 4 nitrogen and oxygen atoms in total. The van der Waals surface area contributed by atoms with E-state index in [2.05, 4.69) is 50.5 Å². The average Bonchev–Trinajstić information content (AvgIpc) is 2.76. The van der Waals surface area contributed by atoms with Crippen molar-refractivity contribution in [1.29, 1.82) is 0 Å². The van der Waals surface area contributed by atoms with Crippen LogP contribution in [0.3, 0.4) is 0 Å². The lowest BCUT2D eigenvalue weighted by atomic mass is 10.0. The molecule has 0 aliphatic carbocycles. The highest BCUT2D eigenvalue weighted by Crippen LogP contribution is 2.25. The lowest BCUT2D eigenvalue weighted by Crippen LogP contribution is -2.13. The Balaban J connectivity index is 1.55. The van der Waals surface area contributed by atoms with E-state index >= 15 is 0 Å². The number of nitrogens with one attached hydrogen (secondary N) is 2. The van der Waals surface area contributed by atoms with Crippen LogP contribution in [0.25, 0.3) is 0 Å². The molecule has 2 N–H and O–H groups in total. The van der Waals surface area contributed by atoms with E-state index in [1.54, 1.807) is 0 Å². The van der Waals surface area contributed by atoms with Crippen LogP contribution in [-0.4, -0.2) is 11.8 Å². The Labute approximate surface area is 194 Å². The predicted molar refractivity (Wildman–Crippen MR) is 135 cm³/mol. The van der Waals surface area contributed by atoms with E-state index in [4.69, 9.17) is 0 Å². The SMILES string of the molecule is CC(C)c1ccccc1NC(=O)CCCCCCCCC(=O)Nc1ccccc1C(C)C. The van der Waals surface area contributed by atoms with Gasteiger partial charge in [-0.15, -0.1) is 0 Å². The van der Waals surface area contributed by atoms with Gasteiger partial charge in [0.05, 0.1) is 0 Å². The van der Waals surface area contributed by atoms with E-state index in [9.17, 15) is 9.59 Å². The maximum Gasteiger partial charge on any atom is 0.224 e. The number of unbranched alkanes of at least 4 members (excludes halogenated alkanes) is 5. The van der Waals surface area contributed by atoms with Crippen LogP contribution in [-0.2, 0) is 9.59 Å². The maximum atomic E-state index is 12.3. The first-order valence-corrected chi connectivity index (χ1v) is 12.2. The summed E-state index contributed by atoms with van der Waals surface area (Å²) in [5, 5.41) is 6.13. The molecular weight excluding hydrogens is 396 g/mol. The van der Waals surface area contributed by atoms with Crippen LogP contribution in [0.5, 0.6) is 0 Å². The minimum absolute atomic E-state index is 0.0939. The molecule has 0 bridgehead atoms. The molecule has 0 heterocycles. The summed E-state index contributed by atoms with van der Waals surface area (Å²) in [6.07, 6.45) is 7.24. The van der Waals surface area contributed by atoms with Crippen LogP contribution >= 0.6 is 0 Å². The van der Waals surface area contributed by atoms with Crippen molar-refractivity contribution in [3.8, 4) is 0 Å². The molecule has 0 radical (unpaired) electrons. The summed E-state index contributed by atoms with van der Waals surface area (Å²) >= 11 is 0. The van der Waals surface area contributed by atoms with Crippen molar-refractivity contribution in [3.63, 3.8) is 0 Å². The summed E-state index contributed by atoms with van der Waals surface area (Å²) in [5.41, 5.74) is 4.22. The molecule has 0 aliphatic rings. The standard InChI is InChI=1S/C28H40N2O2/c1-21(2)23-15-11-13-17-25(23)29-27(31)19-9-7-5-6-8-10-20-28(32)30-26-18-14-12-16-24(26)22(3)4/h11-18,21-22H,5-10,19-20H2,1-4H3,(H,29,31)(H,30,32). The summed E-state index contributed by atoms with van der Waals surface area (Å²) in [4.78, 5) is 24.5. The first-order valence-electron chi connectivity index (χ1n) is 12.2. The lowest BCUT2D eigenvalue weighted by Gasteiger charge is -2.13. The fourth-order valence-electron chi connectivity index (χ4n) is 3.93. The number of rotatable bonds is 13. The molecule has 2 aromatic carbocycles. The number of para-hydroxylation sites is 2. The third-order valence-electron chi connectivity index (χ3n) is 5.77. The molecule has 0 saturated heterocycles. The van der Waals surface area contributed by atoms with Crippen molar-refractivity contribution in [2.75, 3.05) is 10.6 Å². The van der Waals surface area contributed by atoms with Crippen molar-refractivity contribution in [2.24, 2.45) is 0 Å². The average molecular weight is 437 g/mol. The number of hydrogen-bond donors (Lipinski definition) is 2. The largest absolute Gasteiger partial charge is 0.326 e. The zero-order valence-corrected chi connectivity index (χ0v) is 20.2. The third-order valence-corrected chi connectivity index (χ3v) is 5.77. The van der Waals surface area contributed by atoms with Gasteiger partial charge in [-0.05, 0) is 47.9 Å². The van der Waals surface area contributed by atoms with E-state index in [0.717, 1.165) is 49.9 Å². The topological polar surface area (TPSA) is 58.2 Å². The van der Waals surface area contributed by atoms with Gasteiger partial charge in [-0.3, -0.25) is 9.59 Å². The van der Waals surface area contributed by atoms with Gasteiger partial charge in [-0.2, -0.15) is 0 Å². The molecule has 0 aliphatic heterocycles. The van der Waals surface area contributed by atoms with Crippen molar-refractivity contribution in [2.45, 2.75) is 90.9 Å². The Morgan fingerprint density at radius 3 is 1.31 bits per heavy atom. The summed E-state index contributed by atoms with van der Waals surface area (Å²) in [5.74, 6) is 0.963. The molecule has 0 aromatic heterocycles. The Kier molecular flexibility index (Phi) is 11.0. The quantitative estimate of drug-likeness (QED) is 0.317. The highest BCUT2D eigenvalue weighted by Gasteiger charge is 2.10. The number of benzene rings is 2. The summed E-state index contributed by atoms with van der Waals surface area (Å²) < 4.78 is 0. The summed E-state index contributed by atoms with van der Waals surface area (Å²) in [6, 6.07) is 16.1. The van der Waals surface area contributed by atoms with Crippen molar-refractivity contribution >= 4 is 23.2 Å². The van der Waals surface area contributed by atoms with Crippen LogP contribution in [0.1, 0.15) is 102 Å². The second kappa shape index (κ2) is 13.7. The Morgan fingerprint density at radius 1 is 0.594 bits per heavy atom. The van der Waals surface area contributed by atoms with Gasteiger partial charge in [-0.1, -0.05) is 89.8 Å². The maximum absolute atomic E-state index is 12.3. The number of anilines is 2. The van der Waals surface area contributed by atoms with Crippen LogP contribution < -0.4 is 10.6 Å². The van der Waals surface area contributed by atoms with Gasteiger partial charge in [0.1, 0.15) is 0 Å². The first-order chi connectivity index (χ1) is 15.4. The minimum Gasteiger partial charge on any atom is -0.326 e. The van der Waals surface area contributed by atoms with Gasteiger partial charge in [0.15, 0.2) is 0 Å². The second-order valence-corrected chi connectivity index (χ2v) is 9.20. The molecule has 0 atom stereocenters. The van der Waals surface area contributed by atoms with Crippen molar-refractivity contribution in [1.82, 2.24) is 0 Å². The second-order valence-electron chi connectivity index (χ2n) is 9.20. The molecular formula is C28H40N2O2. The predicted octanol–water partition coefficient (Wildman–Crippen LogP) is 7.63. The Bertz CT molecular complexity index is 787. The van der Waals surface area contributed by atoms with Gasteiger partial charge < -0.3 is 10.6 Å². The lowest BCUT2D eigenvalue weighted by molar-refractivity contribution is -0.117. The molecule has 0 unspecified atom stereocenters. The van der Waals surface area contributed by atoms with E-state index in [0.29, 0.717) is 24.7 Å². The van der Waals surface area contributed by atoms with Gasteiger partial charge in [0.2, 0.25) is 11.8 Å². The molecule has 0 spiro atoms. The normalized spacial score (nSPS) is 11.1. The van der Waals surface area contributed by atoms with Crippen molar-refractivity contribution < 1.29 is 9.59 Å². The molecule has 0 fully saturated rings. The number of carbonyl (C=O) groups excluding carboxylic acids is 2. The van der Waals surface area contributed by atoms with Crippen LogP contribution in [0.2, 0.25) is 0 Å². The Morgan fingerprint density at radius 2 is 0.938 bits per heavy atom. The van der Waals surface area contributed by atoms with E-state index in [1.165, 1.54) is 11.1 Å². The fraction of sp³-hybridized carbons (Fsp3) is 0.500. The molecule has 0 saturated carbocycles. The highest BCUT2D eigenvalue weighted by molar-refractivity contribution is 5.92. The van der Waals surface area contributed by atoms with Gasteiger partial charge in [-0.25, -0.2) is 0 Å². The first kappa shape index (κ1) is 25.6. The van der Waals surface area contributed by atoms with E-state index < -0.39 is 0 Å². The molecule has 2 aromatic rings. The van der Waals surface area contributed by atoms with Crippen LogP contribution in [0.4, 0.5) is 11.4 Å². The monoisotopic (exact) mass is 436 g/mol. The minimum atomic E-state index is 0.0939. The summed E-state index contributed by atoms with van der Waals surface area (Å²) in [6.45, 7) is 8.55. The van der Waals surface area contributed by atoms with E-state index in [1.807, 2.05) is 36.4 Å². The van der Waals surface area contributed by atoms with Crippen LogP contribution in [0.15, 0.2) is 48.5 Å². The number of hydrogen-bond acceptors (Lipinski definition) is 2. The zero-order valence-electron chi connectivity index (χ0n) is 20.2. The van der Waals surface area contributed by atoms with Gasteiger partial charge >= 0.3 is 0 Å². The smallest absolute Gasteiger partial charge is 0.224 e. The molecule has 4 heteroatoms. The molecule has 174 valence electrons. The van der Waals surface area contributed by atoms with Gasteiger partial charge in [0.25, 0.3) is 0 Å². The molecule has 32 heavy (non-hydrogen) atoms. The summed E-state index contributed by atoms with van der Waals surface area (Å²) in [7, 11) is 0. The van der Waals surface area contributed by atoms with E-state index in [-0.39, 0.29) is 11.8 Å². The molecule has 2 rings (SSSR count). The number of carbonyl (C=O) groups is 2. The zero-order chi connectivity index (χ0) is 23.3. The molecule has 2 amide bonds. The number of amides is 2.